The first-order valence-corrected chi connectivity index (χ1v) is 12.8. The Morgan fingerprint density at radius 2 is 2.05 bits per heavy atom. The van der Waals surface area contributed by atoms with Crippen LogP contribution in [0.5, 0.6) is 0 Å². The summed E-state index contributed by atoms with van der Waals surface area (Å²) in [5, 5.41) is 23.1. The number of aromatic nitrogens is 3. The van der Waals surface area contributed by atoms with Crippen molar-refractivity contribution in [1.82, 2.24) is 24.8 Å². The number of hydrogen-bond acceptors (Lipinski definition) is 6. The zero-order chi connectivity index (χ0) is 26.4. The predicted molar refractivity (Wildman–Crippen MR) is 141 cm³/mol. The Bertz CT molecular complexity index is 1210. The van der Waals surface area contributed by atoms with E-state index in [0.29, 0.717) is 38.2 Å². The summed E-state index contributed by atoms with van der Waals surface area (Å²) in [6, 6.07) is 13.1. The second-order valence-electron chi connectivity index (χ2n) is 9.82. The van der Waals surface area contributed by atoms with Crippen molar-refractivity contribution in [2.24, 2.45) is 5.92 Å². The molecule has 0 spiro atoms. The molecule has 1 aliphatic rings. The van der Waals surface area contributed by atoms with Gasteiger partial charge in [-0.15, -0.1) is 5.10 Å². The number of amides is 3. The van der Waals surface area contributed by atoms with Gasteiger partial charge in [-0.2, -0.15) is 0 Å². The molecular weight excluding hydrogens is 472 g/mol. The summed E-state index contributed by atoms with van der Waals surface area (Å²) in [7, 11) is 1.73. The maximum atomic E-state index is 13.2. The molecule has 1 aliphatic heterocycles. The molecule has 3 amide bonds. The summed E-state index contributed by atoms with van der Waals surface area (Å²) in [5.74, 6) is -0.129. The standard InChI is InChI=1S/C27H36N6O4/c1-19-14-33(20(2)17-34)26(35)12-7-13-32-15-22(29-30-32)18-37-25(19)16-31(3)27(36)28-24-11-6-9-21-8-4-5-10-23(21)24/h4-6,8-11,15,19-20,25,34H,7,12-14,16-18H2,1-3H3,(H,28,36)/t19-,20-,25-/m1/s1. The molecule has 0 saturated heterocycles. The van der Waals surface area contributed by atoms with E-state index in [2.05, 4.69) is 15.6 Å². The fraction of sp³-hybridized carbons (Fsp3) is 0.481. The highest BCUT2D eigenvalue weighted by atomic mass is 16.5. The number of nitrogens with zero attached hydrogens (tertiary/aromatic N) is 5. The van der Waals surface area contributed by atoms with Crippen LogP contribution in [-0.2, 0) is 22.7 Å². The van der Waals surface area contributed by atoms with Crippen molar-refractivity contribution >= 4 is 28.4 Å². The van der Waals surface area contributed by atoms with Gasteiger partial charge in [0.25, 0.3) is 0 Å². The third kappa shape index (κ3) is 6.64. The molecule has 3 aromatic rings. The zero-order valence-electron chi connectivity index (χ0n) is 21.7. The van der Waals surface area contributed by atoms with Gasteiger partial charge in [-0.05, 0) is 24.8 Å². The zero-order valence-corrected chi connectivity index (χ0v) is 21.7. The number of likely N-dealkylation sites (N-methyl/N-ethyl adjacent to an activating group) is 1. The molecule has 10 heteroatoms. The van der Waals surface area contributed by atoms with Gasteiger partial charge < -0.3 is 25.0 Å². The molecule has 2 aromatic carbocycles. The number of fused-ring (bicyclic) bond motifs is 3. The molecule has 2 bridgehead atoms. The molecule has 4 rings (SSSR count). The minimum atomic E-state index is -0.379. The molecule has 0 saturated carbocycles. The molecule has 2 N–H and O–H groups in total. The lowest BCUT2D eigenvalue weighted by molar-refractivity contribution is -0.136. The van der Waals surface area contributed by atoms with E-state index in [1.54, 1.807) is 21.5 Å². The van der Waals surface area contributed by atoms with E-state index in [-0.39, 0.29) is 43.2 Å². The van der Waals surface area contributed by atoms with Gasteiger partial charge in [0.2, 0.25) is 5.91 Å². The quantitative estimate of drug-likeness (QED) is 0.548. The first-order valence-electron chi connectivity index (χ1n) is 12.8. The molecule has 0 fully saturated rings. The van der Waals surface area contributed by atoms with Crippen molar-refractivity contribution in [3.8, 4) is 0 Å². The number of urea groups is 1. The van der Waals surface area contributed by atoms with E-state index in [1.165, 1.54) is 0 Å². The van der Waals surface area contributed by atoms with Crippen LogP contribution in [-0.4, -0.2) is 80.7 Å². The van der Waals surface area contributed by atoms with Crippen molar-refractivity contribution in [2.75, 3.05) is 32.1 Å². The van der Waals surface area contributed by atoms with Gasteiger partial charge in [-0.25, -0.2) is 4.79 Å². The van der Waals surface area contributed by atoms with Gasteiger partial charge in [0.15, 0.2) is 0 Å². The van der Waals surface area contributed by atoms with Crippen molar-refractivity contribution in [3.05, 3.63) is 54.4 Å². The average molecular weight is 509 g/mol. The molecule has 37 heavy (non-hydrogen) atoms. The van der Waals surface area contributed by atoms with Gasteiger partial charge in [0.1, 0.15) is 5.69 Å². The van der Waals surface area contributed by atoms with E-state index >= 15 is 0 Å². The number of rotatable bonds is 5. The van der Waals surface area contributed by atoms with Gasteiger partial charge >= 0.3 is 6.03 Å². The highest BCUT2D eigenvalue weighted by Crippen LogP contribution is 2.24. The van der Waals surface area contributed by atoms with Crippen LogP contribution < -0.4 is 5.32 Å². The Labute approximate surface area is 217 Å². The number of carbonyl (C=O) groups excluding carboxylic acids is 2. The lowest BCUT2D eigenvalue weighted by Crippen LogP contribution is -2.48. The summed E-state index contributed by atoms with van der Waals surface area (Å²) in [5.41, 5.74) is 1.44. The second kappa shape index (κ2) is 12.2. The predicted octanol–water partition coefficient (Wildman–Crippen LogP) is 3.12. The number of carbonyl (C=O) groups is 2. The van der Waals surface area contributed by atoms with Crippen LogP contribution in [0, 0.1) is 5.92 Å². The van der Waals surface area contributed by atoms with Crippen LogP contribution in [0.15, 0.2) is 48.7 Å². The molecule has 0 unspecified atom stereocenters. The molecular formula is C27H36N6O4. The van der Waals surface area contributed by atoms with E-state index in [0.717, 1.165) is 16.5 Å². The number of aryl methyl sites for hydroxylation is 1. The van der Waals surface area contributed by atoms with Crippen LogP contribution in [0.1, 0.15) is 32.4 Å². The van der Waals surface area contributed by atoms with Crippen LogP contribution >= 0.6 is 0 Å². The lowest BCUT2D eigenvalue weighted by Gasteiger charge is -2.35. The summed E-state index contributed by atoms with van der Waals surface area (Å²) < 4.78 is 7.98. The Kier molecular flexibility index (Phi) is 8.73. The van der Waals surface area contributed by atoms with E-state index in [9.17, 15) is 14.7 Å². The monoisotopic (exact) mass is 508 g/mol. The fourth-order valence-electron chi connectivity index (χ4n) is 4.59. The normalized spacial score (nSPS) is 20.0. The molecule has 198 valence electrons. The Morgan fingerprint density at radius 1 is 1.27 bits per heavy atom. The third-order valence-electron chi connectivity index (χ3n) is 6.88. The van der Waals surface area contributed by atoms with E-state index in [4.69, 9.17) is 4.74 Å². The minimum absolute atomic E-state index is 0.0196. The number of anilines is 1. The molecule has 1 aromatic heterocycles. The van der Waals surface area contributed by atoms with Gasteiger partial charge in [-0.1, -0.05) is 48.5 Å². The number of benzene rings is 2. The maximum absolute atomic E-state index is 13.2. The van der Waals surface area contributed by atoms with Gasteiger partial charge in [-0.3, -0.25) is 9.48 Å². The first-order chi connectivity index (χ1) is 17.9. The van der Waals surface area contributed by atoms with Crippen molar-refractivity contribution < 1.29 is 19.4 Å². The van der Waals surface area contributed by atoms with Gasteiger partial charge in [0.05, 0.1) is 37.2 Å². The van der Waals surface area contributed by atoms with E-state index < -0.39 is 0 Å². The summed E-state index contributed by atoms with van der Waals surface area (Å²) in [4.78, 5) is 29.5. The molecule has 0 aliphatic carbocycles. The highest BCUT2D eigenvalue weighted by molar-refractivity contribution is 6.01. The molecule has 2 heterocycles. The number of ether oxygens (including phenoxy) is 1. The van der Waals surface area contributed by atoms with Crippen LogP contribution in [0.25, 0.3) is 10.8 Å². The number of nitrogens with one attached hydrogen (secondary N) is 1. The van der Waals surface area contributed by atoms with Crippen molar-refractivity contribution in [3.63, 3.8) is 0 Å². The fourth-order valence-corrected chi connectivity index (χ4v) is 4.59. The number of hydrogen-bond donors (Lipinski definition) is 2. The molecule has 0 radical (unpaired) electrons. The molecule has 10 nitrogen and oxygen atoms in total. The maximum Gasteiger partial charge on any atom is 0.321 e. The largest absolute Gasteiger partial charge is 0.394 e. The van der Waals surface area contributed by atoms with Crippen molar-refractivity contribution in [2.45, 2.75) is 52.0 Å². The van der Waals surface area contributed by atoms with Crippen LogP contribution in [0.4, 0.5) is 10.5 Å². The molecule has 3 atom stereocenters. The number of aliphatic hydroxyl groups excluding tert-OH is 1. The minimum Gasteiger partial charge on any atom is -0.394 e. The SMILES string of the molecule is C[C@@H]1CN([C@H](C)CO)C(=O)CCCn2cc(nn2)CO[C@@H]1CN(C)C(=O)Nc1cccc2ccccc12. The summed E-state index contributed by atoms with van der Waals surface area (Å²) in [6.45, 7) is 5.26. The van der Waals surface area contributed by atoms with Gasteiger partial charge in [0, 0.05) is 44.4 Å². The smallest absolute Gasteiger partial charge is 0.321 e. The third-order valence-corrected chi connectivity index (χ3v) is 6.88. The topological polar surface area (TPSA) is 113 Å². The highest BCUT2D eigenvalue weighted by Gasteiger charge is 2.29. The van der Waals surface area contributed by atoms with E-state index in [1.807, 2.05) is 62.5 Å². The Balaban J connectivity index is 1.51. The van der Waals surface area contributed by atoms with Crippen LogP contribution in [0.3, 0.4) is 0 Å². The van der Waals surface area contributed by atoms with Crippen molar-refractivity contribution in [1.29, 1.82) is 0 Å². The lowest BCUT2D eigenvalue weighted by atomic mass is 10.0. The second-order valence-corrected chi connectivity index (χ2v) is 9.82. The Morgan fingerprint density at radius 3 is 2.86 bits per heavy atom. The summed E-state index contributed by atoms with van der Waals surface area (Å²) in [6.07, 6.45) is 2.43. The summed E-state index contributed by atoms with van der Waals surface area (Å²) >= 11 is 0. The first kappa shape index (κ1) is 26.6. The average Bonchev–Trinajstić information content (AvgIpc) is 3.36. The Hall–Kier alpha value is -3.50. The number of aliphatic hydroxyl groups is 1. The van der Waals surface area contributed by atoms with Crippen LogP contribution in [0.2, 0.25) is 0 Å².